The van der Waals surface area contributed by atoms with Gasteiger partial charge >= 0.3 is 11.3 Å². The molecule has 1 saturated heterocycles. The fraction of sp³-hybridized carbons (Fsp3) is 0.818. The SMILES string of the molecule is C=[N+]=C(S[C@@H]1C[C@@H](O)C[C@@H](CC(F)(F)F)O1)N(C)C. The predicted octanol–water partition coefficient (Wildman–Crippen LogP) is 1.22. The highest BCUT2D eigenvalue weighted by molar-refractivity contribution is 8.14. The molecule has 110 valence electrons. The molecule has 0 aromatic carbocycles. The van der Waals surface area contributed by atoms with E-state index in [0.717, 1.165) is 0 Å². The predicted molar refractivity (Wildman–Crippen MR) is 70.1 cm³/mol. The second-order valence-corrected chi connectivity index (χ2v) is 5.71. The topological polar surface area (TPSA) is 46.8 Å². The minimum atomic E-state index is -4.29. The van der Waals surface area contributed by atoms with Gasteiger partial charge in [0, 0.05) is 24.6 Å². The van der Waals surface area contributed by atoms with Crippen molar-refractivity contribution in [2.45, 2.75) is 43.1 Å². The van der Waals surface area contributed by atoms with Crippen molar-refractivity contribution in [3.8, 4) is 0 Å². The molecular formula is C11H18F3N2O2S+. The maximum Gasteiger partial charge on any atom is 0.407 e. The first kappa shape index (κ1) is 16.4. The lowest BCUT2D eigenvalue weighted by Gasteiger charge is -2.32. The van der Waals surface area contributed by atoms with Gasteiger partial charge in [-0.05, 0) is 0 Å². The molecule has 1 N–H and O–H groups in total. The van der Waals surface area contributed by atoms with E-state index in [1.807, 2.05) is 0 Å². The normalized spacial score (nSPS) is 27.8. The highest BCUT2D eigenvalue weighted by Crippen LogP contribution is 2.33. The number of alkyl halides is 3. The van der Waals surface area contributed by atoms with Crippen LogP contribution in [0.5, 0.6) is 0 Å². The van der Waals surface area contributed by atoms with Crippen LogP contribution in [0.25, 0.3) is 0 Å². The van der Waals surface area contributed by atoms with Crippen LogP contribution in [0.3, 0.4) is 0 Å². The third-order valence-electron chi connectivity index (χ3n) is 2.56. The first-order chi connectivity index (χ1) is 8.71. The van der Waals surface area contributed by atoms with Crippen LogP contribution in [0.1, 0.15) is 19.3 Å². The van der Waals surface area contributed by atoms with Gasteiger partial charge in [0.25, 0.3) is 0 Å². The maximum absolute atomic E-state index is 12.3. The molecule has 0 spiro atoms. The molecule has 0 radical (unpaired) electrons. The van der Waals surface area contributed by atoms with Crippen LogP contribution in [0.2, 0.25) is 0 Å². The average molecular weight is 299 g/mol. The van der Waals surface area contributed by atoms with Crippen molar-refractivity contribution in [2.24, 2.45) is 0 Å². The van der Waals surface area contributed by atoms with Gasteiger partial charge in [-0.15, -0.1) is 0 Å². The molecule has 1 fully saturated rings. The smallest absolute Gasteiger partial charge is 0.393 e. The van der Waals surface area contributed by atoms with Gasteiger partial charge in [0.1, 0.15) is 5.44 Å². The Morgan fingerprint density at radius 3 is 2.58 bits per heavy atom. The number of nitrogens with zero attached hydrogens (tertiary/aromatic N) is 2. The molecule has 0 amide bonds. The van der Waals surface area contributed by atoms with Crippen molar-refractivity contribution in [2.75, 3.05) is 14.1 Å². The first-order valence-electron chi connectivity index (χ1n) is 5.79. The van der Waals surface area contributed by atoms with Gasteiger partial charge in [-0.25, -0.2) is 9.57 Å². The van der Waals surface area contributed by atoms with Gasteiger partial charge in [0.05, 0.1) is 32.7 Å². The zero-order valence-electron chi connectivity index (χ0n) is 10.9. The summed E-state index contributed by atoms with van der Waals surface area (Å²) in [7, 11) is 3.51. The minimum Gasteiger partial charge on any atom is -0.393 e. The summed E-state index contributed by atoms with van der Waals surface area (Å²) in [6, 6.07) is 0. The number of hydrogen-bond donors (Lipinski definition) is 1. The monoisotopic (exact) mass is 299 g/mol. The van der Waals surface area contributed by atoms with Crippen molar-refractivity contribution in [3.05, 3.63) is 0 Å². The highest BCUT2D eigenvalue weighted by atomic mass is 32.2. The van der Waals surface area contributed by atoms with E-state index in [1.165, 1.54) is 11.8 Å². The Labute approximate surface area is 114 Å². The maximum atomic E-state index is 12.3. The molecule has 1 heterocycles. The standard InChI is InChI=1S/C11H18F3N2O2S/c1-15-10(16(2)3)19-9-5-7(17)4-8(18-9)6-11(12,13)14/h7-9,17H,1,4-6H2,2-3H3/q+1/t7-,8-,9+/m0/s1. The number of hydrogen-bond acceptors (Lipinski definition) is 3. The van der Waals surface area contributed by atoms with Gasteiger partial charge in [0.15, 0.2) is 6.72 Å². The van der Waals surface area contributed by atoms with Crippen LogP contribution in [0.15, 0.2) is 0 Å². The number of rotatable bonds is 2. The molecule has 0 aliphatic carbocycles. The van der Waals surface area contributed by atoms with Crippen molar-refractivity contribution in [1.82, 2.24) is 9.57 Å². The Morgan fingerprint density at radius 2 is 2.11 bits per heavy atom. The van der Waals surface area contributed by atoms with E-state index >= 15 is 0 Å². The summed E-state index contributed by atoms with van der Waals surface area (Å²) in [6.45, 7) is 3.40. The molecule has 1 aliphatic rings. The number of thioether (sulfide) groups is 1. The summed E-state index contributed by atoms with van der Waals surface area (Å²) >= 11 is 1.17. The van der Waals surface area contributed by atoms with E-state index in [4.69, 9.17) is 4.74 Å². The second kappa shape index (κ2) is 6.65. The fourth-order valence-corrected chi connectivity index (χ4v) is 2.87. The second-order valence-electron chi connectivity index (χ2n) is 4.59. The number of ether oxygens (including phenoxy) is 1. The van der Waals surface area contributed by atoms with E-state index in [1.54, 1.807) is 19.0 Å². The van der Waals surface area contributed by atoms with Crippen molar-refractivity contribution in [3.63, 3.8) is 0 Å². The Kier molecular flexibility index (Phi) is 5.73. The van der Waals surface area contributed by atoms with E-state index in [9.17, 15) is 18.3 Å². The summed E-state index contributed by atoms with van der Waals surface area (Å²) in [5.74, 6) is 0. The molecule has 1 rings (SSSR count). The van der Waals surface area contributed by atoms with Gasteiger partial charge in [-0.1, -0.05) is 0 Å². The molecule has 1 aliphatic heterocycles. The molecule has 0 bridgehead atoms. The number of aliphatic hydroxyl groups excluding tert-OH is 1. The van der Waals surface area contributed by atoms with E-state index in [0.29, 0.717) is 5.17 Å². The Bertz CT molecular complexity index is 356. The average Bonchev–Trinajstić information content (AvgIpc) is 2.22. The molecule has 4 nitrogen and oxygen atoms in total. The van der Waals surface area contributed by atoms with Crippen LogP contribution >= 0.6 is 11.8 Å². The van der Waals surface area contributed by atoms with Crippen LogP contribution in [-0.4, -0.2) is 59.8 Å². The lowest BCUT2D eigenvalue weighted by atomic mass is 10.0. The lowest BCUT2D eigenvalue weighted by molar-refractivity contribution is -0.175. The zero-order chi connectivity index (χ0) is 14.6. The molecule has 19 heavy (non-hydrogen) atoms. The molecule has 8 heteroatoms. The third-order valence-corrected chi connectivity index (χ3v) is 3.83. The summed E-state index contributed by atoms with van der Waals surface area (Å²) in [6.07, 6.45) is -6.83. The minimum absolute atomic E-state index is 0.00931. The molecule has 0 aromatic rings. The van der Waals surface area contributed by atoms with Crippen LogP contribution < -0.4 is 4.67 Å². The Morgan fingerprint density at radius 1 is 1.47 bits per heavy atom. The van der Waals surface area contributed by atoms with Gasteiger partial charge < -0.3 is 9.84 Å². The largest absolute Gasteiger partial charge is 0.407 e. The van der Waals surface area contributed by atoms with E-state index in [2.05, 4.69) is 11.4 Å². The van der Waals surface area contributed by atoms with Crippen molar-refractivity contribution < 1.29 is 23.0 Å². The summed E-state index contributed by atoms with van der Waals surface area (Å²) in [5, 5.41) is 10.2. The Balaban J connectivity index is 2.62. The first-order valence-corrected chi connectivity index (χ1v) is 6.67. The van der Waals surface area contributed by atoms with Crippen LogP contribution in [0.4, 0.5) is 13.2 Å². The summed E-state index contributed by atoms with van der Waals surface area (Å²) in [4.78, 5) is 1.70. The van der Waals surface area contributed by atoms with Crippen LogP contribution in [0, 0.1) is 0 Å². The van der Waals surface area contributed by atoms with Crippen LogP contribution in [-0.2, 0) is 4.74 Å². The lowest BCUT2D eigenvalue weighted by Crippen LogP contribution is -2.38. The number of halogens is 3. The van der Waals surface area contributed by atoms with Crippen molar-refractivity contribution in [1.29, 1.82) is 0 Å². The quantitative estimate of drug-likeness (QED) is 0.473. The summed E-state index contributed by atoms with van der Waals surface area (Å²) < 4.78 is 46.2. The molecule has 3 atom stereocenters. The third kappa shape index (κ3) is 5.86. The molecule has 0 unspecified atom stereocenters. The molecular weight excluding hydrogens is 281 g/mol. The summed E-state index contributed by atoms with van der Waals surface area (Å²) in [5.41, 5.74) is -0.543. The fourth-order valence-electron chi connectivity index (χ4n) is 1.81. The Hall–Kier alpha value is -0.690. The van der Waals surface area contributed by atoms with Gasteiger partial charge in [-0.3, -0.25) is 0 Å². The van der Waals surface area contributed by atoms with E-state index < -0.39 is 30.2 Å². The van der Waals surface area contributed by atoms with Gasteiger partial charge in [0.2, 0.25) is 0 Å². The van der Waals surface area contributed by atoms with Crippen molar-refractivity contribution >= 4 is 23.6 Å². The molecule has 0 aromatic heterocycles. The zero-order valence-corrected chi connectivity index (χ0v) is 11.7. The molecule has 0 saturated carbocycles. The van der Waals surface area contributed by atoms with E-state index in [-0.39, 0.29) is 12.8 Å². The number of aliphatic hydroxyl groups is 1. The number of amidine groups is 1. The van der Waals surface area contributed by atoms with Gasteiger partial charge in [-0.2, -0.15) is 13.2 Å². The highest BCUT2D eigenvalue weighted by Gasteiger charge is 2.39.